The van der Waals surface area contributed by atoms with E-state index in [1.165, 1.54) is 0 Å². The van der Waals surface area contributed by atoms with Crippen molar-refractivity contribution in [3.63, 3.8) is 0 Å². The lowest BCUT2D eigenvalue weighted by molar-refractivity contribution is -0.118. The second-order valence-electron chi connectivity index (χ2n) is 6.86. The van der Waals surface area contributed by atoms with Gasteiger partial charge in [-0.15, -0.1) is 0 Å². The Morgan fingerprint density at radius 3 is 2.04 bits per heavy atom. The number of hydrogen-bond acceptors (Lipinski definition) is 6. The minimum absolute atomic E-state index is 0.108. The topological polar surface area (TPSA) is 78.9 Å². The first-order valence-electron chi connectivity index (χ1n) is 9.08. The summed E-state index contributed by atoms with van der Waals surface area (Å²) >= 11 is 0. The molecule has 1 heterocycles. The van der Waals surface area contributed by atoms with Crippen LogP contribution < -0.4 is 0 Å². The molecule has 6 nitrogen and oxygen atoms in total. The summed E-state index contributed by atoms with van der Waals surface area (Å²) in [5, 5.41) is 0. The summed E-state index contributed by atoms with van der Waals surface area (Å²) in [5.41, 5.74) is 2.90. The highest BCUT2D eigenvalue weighted by atomic mass is 16.6. The smallest absolute Gasteiger partial charge is 0.338 e. The first-order chi connectivity index (χ1) is 13.5. The Bertz CT molecular complexity index is 840. The van der Waals surface area contributed by atoms with E-state index in [0.717, 1.165) is 11.1 Å². The van der Waals surface area contributed by atoms with E-state index in [9.17, 15) is 14.4 Å². The van der Waals surface area contributed by atoms with Gasteiger partial charge >= 0.3 is 11.9 Å². The van der Waals surface area contributed by atoms with Gasteiger partial charge in [-0.3, -0.25) is 0 Å². The number of carbonyl (C=O) groups is 3. The molecule has 1 aliphatic rings. The number of carbonyl (C=O) groups excluding carboxylic acids is 3. The van der Waals surface area contributed by atoms with Gasteiger partial charge in [-0.2, -0.15) is 0 Å². The maximum absolute atomic E-state index is 12.4. The van der Waals surface area contributed by atoms with Gasteiger partial charge in [-0.1, -0.05) is 35.4 Å². The fourth-order valence-electron chi connectivity index (χ4n) is 2.93. The number of rotatable bonds is 6. The number of aryl methyl sites for hydroxylation is 2. The summed E-state index contributed by atoms with van der Waals surface area (Å²) in [6.45, 7) is 3.74. The molecule has 0 aliphatic carbocycles. The molecule has 0 spiro atoms. The lowest BCUT2D eigenvalue weighted by Gasteiger charge is -2.19. The molecule has 0 amide bonds. The van der Waals surface area contributed by atoms with Gasteiger partial charge in [-0.05, 0) is 38.1 Å². The molecule has 1 fully saturated rings. The third-order valence-corrected chi connectivity index (χ3v) is 4.59. The van der Waals surface area contributed by atoms with E-state index in [-0.39, 0.29) is 13.0 Å². The van der Waals surface area contributed by atoms with E-state index in [4.69, 9.17) is 14.2 Å². The second-order valence-corrected chi connectivity index (χ2v) is 6.86. The average Bonchev–Trinajstić information content (AvgIpc) is 3.09. The number of hydrogen-bond donors (Lipinski definition) is 0. The molecule has 1 saturated heterocycles. The van der Waals surface area contributed by atoms with Crippen molar-refractivity contribution in [2.45, 2.75) is 38.6 Å². The number of ether oxygens (including phenoxy) is 3. The van der Waals surface area contributed by atoms with E-state index in [1.54, 1.807) is 24.3 Å². The zero-order valence-electron chi connectivity index (χ0n) is 15.8. The molecular formula is C22H22O6. The summed E-state index contributed by atoms with van der Waals surface area (Å²) in [5.74, 6) is -1.00. The first-order valence-corrected chi connectivity index (χ1v) is 9.08. The molecule has 0 saturated carbocycles. The predicted octanol–water partition coefficient (Wildman–Crippen LogP) is 3.04. The van der Waals surface area contributed by atoms with Crippen molar-refractivity contribution in [1.82, 2.24) is 0 Å². The number of esters is 2. The Balaban J connectivity index is 1.62. The molecule has 0 unspecified atom stereocenters. The standard InChI is InChI=1S/C22H22O6/c1-14-3-7-16(8-4-14)21(24)26-13-20-19(11-18(12-23)27-20)28-22(25)17-9-5-15(2)6-10-17/h3-10,12,18-20H,11,13H2,1-2H3/t18-,19+,20-/m1/s1. The lowest BCUT2D eigenvalue weighted by atomic mass is 10.1. The van der Waals surface area contributed by atoms with Gasteiger partial charge in [0.1, 0.15) is 31.2 Å². The van der Waals surface area contributed by atoms with Crippen LogP contribution in [-0.4, -0.2) is 43.1 Å². The van der Waals surface area contributed by atoms with E-state index in [2.05, 4.69) is 0 Å². The Labute approximate surface area is 163 Å². The van der Waals surface area contributed by atoms with Crippen molar-refractivity contribution < 1.29 is 28.6 Å². The molecule has 0 bridgehead atoms. The predicted molar refractivity (Wildman–Crippen MR) is 101 cm³/mol. The van der Waals surface area contributed by atoms with Crippen molar-refractivity contribution in [2.75, 3.05) is 6.61 Å². The van der Waals surface area contributed by atoms with Crippen LogP contribution in [-0.2, 0) is 19.0 Å². The summed E-state index contributed by atoms with van der Waals surface area (Å²) in [6, 6.07) is 14.0. The van der Waals surface area contributed by atoms with E-state index >= 15 is 0 Å². The Kier molecular flexibility index (Phi) is 6.21. The SMILES string of the molecule is Cc1ccc(C(=O)OC[C@H]2O[C@@H](C=O)C[C@@H]2OC(=O)c2ccc(C)cc2)cc1. The molecule has 28 heavy (non-hydrogen) atoms. The normalized spacial score (nSPS) is 21.1. The maximum Gasteiger partial charge on any atom is 0.338 e. The Morgan fingerprint density at radius 2 is 1.50 bits per heavy atom. The fraction of sp³-hybridized carbons (Fsp3) is 0.318. The van der Waals surface area contributed by atoms with E-state index < -0.39 is 30.3 Å². The fourth-order valence-corrected chi connectivity index (χ4v) is 2.93. The molecule has 2 aromatic rings. The summed E-state index contributed by atoms with van der Waals surface area (Å²) < 4.78 is 16.4. The molecule has 1 aliphatic heterocycles. The molecule has 146 valence electrons. The van der Waals surface area contributed by atoms with Gasteiger partial charge in [0.2, 0.25) is 0 Å². The van der Waals surface area contributed by atoms with Crippen LogP contribution in [0.25, 0.3) is 0 Å². The van der Waals surface area contributed by atoms with Crippen LogP contribution in [0.15, 0.2) is 48.5 Å². The van der Waals surface area contributed by atoms with Gasteiger partial charge in [-0.25, -0.2) is 9.59 Å². The van der Waals surface area contributed by atoms with E-state index in [0.29, 0.717) is 17.4 Å². The quantitative estimate of drug-likeness (QED) is 0.564. The second kappa shape index (κ2) is 8.80. The third-order valence-electron chi connectivity index (χ3n) is 4.59. The van der Waals surface area contributed by atoms with Gasteiger partial charge in [0.05, 0.1) is 11.1 Å². The van der Waals surface area contributed by atoms with Crippen LogP contribution in [0.5, 0.6) is 0 Å². The summed E-state index contributed by atoms with van der Waals surface area (Å²) in [6.07, 6.45) is -1.17. The van der Waals surface area contributed by atoms with Crippen LogP contribution >= 0.6 is 0 Å². The minimum atomic E-state index is -0.695. The van der Waals surface area contributed by atoms with Gasteiger partial charge in [0.25, 0.3) is 0 Å². The van der Waals surface area contributed by atoms with Crippen molar-refractivity contribution >= 4 is 18.2 Å². The number of aldehydes is 1. The minimum Gasteiger partial charge on any atom is -0.459 e. The monoisotopic (exact) mass is 382 g/mol. The van der Waals surface area contributed by atoms with Crippen molar-refractivity contribution in [2.24, 2.45) is 0 Å². The molecule has 0 N–H and O–H groups in total. The highest BCUT2D eigenvalue weighted by Gasteiger charge is 2.39. The largest absolute Gasteiger partial charge is 0.459 e. The Morgan fingerprint density at radius 1 is 0.964 bits per heavy atom. The lowest BCUT2D eigenvalue weighted by Crippen LogP contribution is -2.32. The zero-order chi connectivity index (χ0) is 20.1. The molecule has 0 radical (unpaired) electrons. The van der Waals surface area contributed by atoms with Gasteiger partial charge in [0.15, 0.2) is 0 Å². The molecule has 3 rings (SSSR count). The van der Waals surface area contributed by atoms with Crippen molar-refractivity contribution in [3.8, 4) is 0 Å². The average molecular weight is 382 g/mol. The molecule has 3 atom stereocenters. The van der Waals surface area contributed by atoms with Crippen LogP contribution in [0.1, 0.15) is 38.3 Å². The van der Waals surface area contributed by atoms with Gasteiger partial charge < -0.3 is 19.0 Å². The van der Waals surface area contributed by atoms with E-state index in [1.807, 2.05) is 38.1 Å². The van der Waals surface area contributed by atoms with Crippen LogP contribution in [0.4, 0.5) is 0 Å². The molecule has 0 aromatic heterocycles. The van der Waals surface area contributed by atoms with Crippen LogP contribution in [0.2, 0.25) is 0 Å². The zero-order valence-corrected chi connectivity index (χ0v) is 15.8. The highest BCUT2D eigenvalue weighted by Crippen LogP contribution is 2.24. The third kappa shape index (κ3) is 4.84. The molecular weight excluding hydrogens is 360 g/mol. The summed E-state index contributed by atoms with van der Waals surface area (Å²) in [4.78, 5) is 35.7. The first kappa shape index (κ1) is 19.8. The van der Waals surface area contributed by atoms with Crippen LogP contribution in [0, 0.1) is 13.8 Å². The maximum atomic E-state index is 12.4. The van der Waals surface area contributed by atoms with Crippen molar-refractivity contribution in [3.05, 3.63) is 70.8 Å². The van der Waals surface area contributed by atoms with Crippen LogP contribution in [0.3, 0.4) is 0 Å². The highest BCUT2D eigenvalue weighted by molar-refractivity contribution is 5.90. The van der Waals surface area contributed by atoms with Crippen molar-refractivity contribution in [1.29, 1.82) is 0 Å². The summed E-state index contributed by atoms with van der Waals surface area (Å²) in [7, 11) is 0. The van der Waals surface area contributed by atoms with Gasteiger partial charge in [0, 0.05) is 6.42 Å². The Hall–Kier alpha value is -2.99. The molecule has 2 aromatic carbocycles. The molecule has 6 heteroatoms. The number of benzene rings is 2.